The van der Waals surface area contributed by atoms with Crippen LogP contribution in [0.15, 0.2) is 18.3 Å². The molecule has 19 heavy (non-hydrogen) atoms. The lowest BCUT2D eigenvalue weighted by atomic mass is 10.2. The predicted molar refractivity (Wildman–Crippen MR) is 71.6 cm³/mol. The van der Waals surface area contributed by atoms with Gasteiger partial charge in [0.1, 0.15) is 5.69 Å². The average molecular weight is 264 g/mol. The second-order valence-electron chi connectivity index (χ2n) is 4.61. The van der Waals surface area contributed by atoms with Crippen LogP contribution < -0.4 is 5.73 Å². The summed E-state index contributed by atoms with van der Waals surface area (Å²) in [6.07, 6.45) is 1.65. The second kappa shape index (κ2) is 6.60. The van der Waals surface area contributed by atoms with Crippen molar-refractivity contribution in [1.29, 1.82) is 0 Å². The highest BCUT2D eigenvalue weighted by Gasteiger charge is 2.22. The minimum atomic E-state index is -0.0350. The maximum atomic E-state index is 12.2. The van der Waals surface area contributed by atoms with Crippen LogP contribution >= 0.6 is 0 Å². The Kier molecular flexibility index (Phi) is 4.84. The lowest BCUT2D eigenvalue weighted by molar-refractivity contribution is 0.0609. The van der Waals surface area contributed by atoms with E-state index in [1.165, 1.54) is 0 Å². The number of rotatable bonds is 4. The van der Waals surface area contributed by atoms with Gasteiger partial charge in [-0.15, -0.1) is 0 Å². The van der Waals surface area contributed by atoms with Gasteiger partial charge in [0.05, 0.1) is 6.61 Å². The molecule has 0 unspecified atom stereocenters. The number of carbonyl (C=O) groups is 1. The Bertz CT molecular complexity index is 413. The van der Waals surface area contributed by atoms with Crippen molar-refractivity contribution in [3.63, 3.8) is 0 Å². The summed E-state index contributed by atoms with van der Waals surface area (Å²) in [6, 6.07) is 3.56. The molecule has 0 aliphatic carbocycles. The number of pyridine rings is 1. The number of piperazine rings is 1. The molecule has 1 amide bonds. The quantitative estimate of drug-likeness (QED) is 0.751. The number of nitrogens with two attached hydrogens (primary N) is 1. The van der Waals surface area contributed by atoms with E-state index >= 15 is 0 Å². The zero-order valence-electron chi connectivity index (χ0n) is 11.0. The predicted octanol–water partition coefficient (Wildman–Crippen LogP) is -0.710. The Morgan fingerprint density at radius 3 is 2.58 bits per heavy atom. The highest BCUT2D eigenvalue weighted by atomic mass is 16.3. The lowest BCUT2D eigenvalue weighted by Crippen LogP contribution is -2.49. The van der Waals surface area contributed by atoms with Gasteiger partial charge >= 0.3 is 0 Å². The molecule has 104 valence electrons. The molecule has 0 spiro atoms. The van der Waals surface area contributed by atoms with Gasteiger partial charge in [-0.1, -0.05) is 6.07 Å². The number of β-amino-alcohol motifs (C(OH)–C–C–N with tert-alkyl or cyclic N) is 1. The molecule has 0 radical (unpaired) electrons. The fourth-order valence-corrected chi connectivity index (χ4v) is 2.15. The summed E-state index contributed by atoms with van der Waals surface area (Å²) in [7, 11) is 0. The minimum absolute atomic E-state index is 0.0350. The molecule has 6 heteroatoms. The smallest absolute Gasteiger partial charge is 0.272 e. The van der Waals surface area contributed by atoms with Crippen LogP contribution in [0.5, 0.6) is 0 Å². The van der Waals surface area contributed by atoms with Crippen molar-refractivity contribution >= 4 is 5.91 Å². The summed E-state index contributed by atoms with van der Waals surface area (Å²) < 4.78 is 0. The van der Waals surface area contributed by atoms with Gasteiger partial charge < -0.3 is 15.7 Å². The number of hydrogen-bond donors (Lipinski definition) is 2. The van der Waals surface area contributed by atoms with Crippen LogP contribution in [0.3, 0.4) is 0 Å². The Labute approximate surface area is 112 Å². The molecule has 0 aromatic carbocycles. The third-order valence-electron chi connectivity index (χ3n) is 3.36. The number of carbonyl (C=O) groups excluding carboxylic acids is 1. The van der Waals surface area contributed by atoms with Crippen molar-refractivity contribution in [3.05, 3.63) is 29.6 Å². The molecule has 1 fully saturated rings. The molecule has 0 atom stereocenters. The van der Waals surface area contributed by atoms with Crippen molar-refractivity contribution in [2.75, 3.05) is 39.3 Å². The fraction of sp³-hybridized carbons (Fsp3) is 0.538. The first-order valence-corrected chi connectivity index (χ1v) is 6.52. The molecule has 0 bridgehead atoms. The van der Waals surface area contributed by atoms with Crippen LogP contribution in [0.1, 0.15) is 16.1 Å². The molecule has 1 aromatic rings. The summed E-state index contributed by atoms with van der Waals surface area (Å²) in [6.45, 7) is 4.22. The fourth-order valence-electron chi connectivity index (χ4n) is 2.15. The van der Waals surface area contributed by atoms with Gasteiger partial charge in [0, 0.05) is 45.5 Å². The van der Waals surface area contributed by atoms with Gasteiger partial charge in [-0.05, 0) is 11.6 Å². The van der Waals surface area contributed by atoms with Crippen molar-refractivity contribution in [2.45, 2.75) is 6.54 Å². The number of nitrogens with zero attached hydrogens (tertiary/aromatic N) is 3. The Morgan fingerprint density at radius 1 is 1.32 bits per heavy atom. The lowest BCUT2D eigenvalue weighted by Gasteiger charge is -2.34. The van der Waals surface area contributed by atoms with E-state index in [0.717, 1.165) is 18.7 Å². The number of aliphatic hydroxyl groups excluding tert-OH is 1. The minimum Gasteiger partial charge on any atom is -0.395 e. The first-order chi connectivity index (χ1) is 9.24. The van der Waals surface area contributed by atoms with Crippen LogP contribution in [0.2, 0.25) is 0 Å². The highest BCUT2D eigenvalue weighted by molar-refractivity contribution is 5.92. The standard InChI is InChI=1S/C13H20N4O2/c14-9-11-1-2-12(15-10-11)13(19)17-5-3-16(4-6-17)7-8-18/h1-2,10,18H,3-9,14H2. The van der Waals surface area contributed by atoms with Crippen LogP contribution in [-0.2, 0) is 6.54 Å². The number of aromatic nitrogens is 1. The van der Waals surface area contributed by atoms with Gasteiger partial charge in [0.2, 0.25) is 0 Å². The third kappa shape index (κ3) is 3.50. The monoisotopic (exact) mass is 264 g/mol. The molecule has 2 heterocycles. The number of amides is 1. The maximum Gasteiger partial charge on any atom is 0.272 e. The largest absolute Gasteiger partial charge is 0.395 e. The summed E-state index contributed by atoms with van der Waals surface area (Å²) >= 11 is 0. The van der Waals surface area contributed by atoms with Gasteiger partial charge in [0.15, 0.2) is 0 Å². The van der Waals surface area contributed by atoms with E-state index < -0.39 is 0 Å². The molecular formula is C13H20N4O2. The molecule has 1 aliphatic rings. The SMILES string of the molecule is NCc1ccc(C(=O)N2CCN(CCO)CC2)nc1. The summed E-state index contributed by atoms with van der Waals surface area (Å²) in [5, 5.41) is 8.88. The molecule has 6 nitrogen and oxygen atoms in total. The van der Waals surface area contributed by atoms with E-state index in [4.69, 9.17) is 10.8 Å². The normalized spacial score (nSPS) is 16.6. The number of hydrogen-bond acceptors (Lipinski definition) is 5. The van der Waals surface area contributed by atoms with E-state index in [0.29, 0.717) is 31.9 Å². The zero-order chi connectivity index (χ0) is 13.7. The Hall–Kier alpha value is -1.50. The molecule has 0 saturated carbocycles. The maximum absolute atomic E-state index is 12.2. The van der Waals surface area contributed by atoms with Crippen molar-refractivity contribution in [3.8, 4) is 0 Å². The van der Waals surface area contributed by atoms with E-state index in [-0.39, 0.29) is 12.5 Å². The first-order valence-electron chi connectivity index (χ1n) is 6.52. The Morgan fingerprint density at radius 2 is 2.05 bits per heavy atom. The van der Waals surface area contributed by atoms with Crippen molar-refractivity contribution in [2.24, 2.45) is 5.73 Å². The van der Waals surface area contributed by atoms with Crippen LogP contribution in [-0.4, -0.2) is 65.1 Å². The number of aliphatic hydroxyl groups is 1. The summed E-state index contributed by atoms with van der Waals surface area (Å²) in [5.74, 6) is -0.0350. The van der Waals surface area contributed by atoms with Gasteiger partial charge in [-0.2, -0.15) is 0 Å². The first kappa shape index (κ1) is 13.9. The van der Waals surface area contributed by atoms with Crippen LogP contribution in [0.4, 0.5) is 0 Å². The molecular weight excluding hydrogens is 244 g/mol. The molecule has 2 rings (SSSR count). The van der Waals surface area contributed by atoms with E-state index in [9.17, 15) is 4.79 Å². The zero-order valence-corrected chi connectivity index (χ0v) is 11.0. The van der Waals surface area contributed by atoms with Gasteiger partial charge in [0.25, 0.3) is 5.91 Å². The van der Waals surface area contributed by atoms with Crippen molar-refractivity contribution < 1.29 is 9.90 Å². The van der Waals surface area contributed by atoms with Gasteiger partial charge in [-0.25, -0.2) is 0 Å². The highest BCUT2D eigenvalue weighted by Crippen LogP contribution is 2.07. The molecule has 1 saturated heterocycles. The summed E-state index contributed by atoms with van der Waals surface area (Å²) in [5.41, 5.74) is 6.89. The molecule has 1 aliphatic heterocycles. The van der Waals surface area contributed by atoms with Crippen LogP contribution in [0.25, 0.3) is 0 Å². The molecule has 3 N–H and O–H groups in total. The topological polar surface area (TPSA) is 82.7 Å². The second-order valence-corrected chi connectivity index (χ2v) is 4.61. The van der Waals surface area contributed by atoms with E-state index in [1.807, 2.05) is 6.07 Å². The van der Waals surface area contributed by atoms with E-state index in [1.54, 1.807) is 17.2 Å². The van der Waals surface area contributed by atoms with E-state index in [2.05, 4.69) is 9.88 Å². The van der Waals surface area contributed by atoms with Crippen LogP contribution in [0, 0.1) is 0 Å². The van der Waals surface area contributed by atoms with Crippen molar-refractivity contribution in [1.82, 2.24) is 14.8 Å². The Balaban J connectivity index is 1.93. The summed E-state index contributed by atoms with van der Waals surface area (Å²) in [4.78, 5) is 20.3. The molecule has 1 aromatic heterocycles. The van der Waals surface area contributed by atoms with Gasteiger partial charge in [-0.3, -0.25) is 14.7 Å². The average Bonchev–Trinajstić information content (AvgIpc) is 2.48. The third-order valence-corrected chi connectivity index (χ3v) is 3.36.